The molecule has 0 amide bonds. The molecule has 1 saturated heterocycles. The number of unbranched alkanes of at least 4 members (excludes halogenated alkanes) is 3. The Balaban J connectivity index is 1.78. The van der Waals surface area contributed by atoms with Crippen LogP contribution in [0.1, 0.15) is 39.0 Å². The monoisotopic (exact) mass is 309 g/mol. The Labute approximate surface area is 132 Å². The summed E-state index contributed by atoms with van der Waals surface area (Å²) in [5.74, 6) is 0.831. The van der Waals surface area contributed by atoms with E-state index in [0.29, 0.717) is 6.42 Å². The fourth-order valence-corrected chi connectivity index (χ4v) is 2.45. The van der Waals surface area contributed by atoms with Gasteiger partial charge in [0.15, 0.2) is 0 Å². The summed E-state index contributed by atoms with van der Waals surface area (Å²) >= 11 is 0. The molecule has 0 spiro atoms. The van der Waals surface area contributed by atoms with Crippen molar-refractivity contribution in [2.24, 2.45) is 0 Å². The first-order valence-corrected chi connectivity index (χ1v) is 8.16. The van der Waals surface area contributed by atoms with Crippen LogP contribution in [-0.2, 0) is 4.74 Å². The van der Waals surface area contributed by atoms with Crippen LogP contribution in [0.25, 0.3) is 0 Å². The minimum absolute atomic E-state index is 0.145. The second-order valence-corrected chi connectivity index (χ2v) is 5.77. The van der Waals surface area contributed by atoms with Gasteiger partial charge in [-0.1, -0.05) is 32.3 Å². The summed E-state index contributed by atoms with van der Waals surface area (Å²) in [5.41, 5.74) is 0.889. The number of nitrogens with one attached hydrogen (secondary N) is 1. The molecule has 1 fully saturated rings. The van der Waals surface area contributed by atoms with Crippen LogP contribution < -0.4 is 10.1 Å². The molecule has 0 aromatic heterocycles. The molecule has 0 bridgehead atoms. The molecule has 0 saturated carbocycles. The zero-order chi connectivity index (χ0) is 15.8. The molecule has 5 heteroatoms. The highest BCUT2D eigenvalue weighted by atomic mass is 16.5. The summed E-state index contributed by atoms with van der Waals surface area (Å²) in [5, 5.41) is 22.3. The molecular formula is C17H27NO4. The van der Waals surface area contributed by atoms with E-state index in [9.17, 15) is 10.2 Å². The van der Waals surface area contributed by atoms with Crippen molar-refractivity contribution >= 4 is 5.69 Å². The lowest BCUT2D eigenvalue weighted by atomic mass is 10.1. The predicted molar refractivity (Wildman–Crippen MR) is 86.1 cm³/mol. The molecule has 0 unspecified atom stereocenters. The standard InChI is InChI=1S/C17H27NO4/c1-2-3-4-5-9-21-14-8-6-7-13(10-14)18-17-11-15(19)16(20)12-22-17/h6-8,10,15-20H,2-5,9,11-12H2,1H3/t15-,16-,17-/m1/s1. The van der Waals surface area contributed by atoms with Crippen molar-refractivity contribution in [2.75, 3.05) is 18.5 Å². The second kappa shape index (κ2) is 8.98. The Morgan fingerprint density at radius 2 is 2.09 bits per heavy atom. The summed E-state index contributed by atoms with van der Waals surface area (Å²) < 4.78 is 11.2. The Morgan fingerprint density at radius 3 is 2.86 bits per heavy atom. The quantitative estimate of drug-likeness (QED) is 0.644. The first-order valence-electron chi connectivity index (χ1n) is 8.16. The van der Waals surface area contributed by atoms with Gasteiger partial charge in [0.2, 0.25) is 0 Å². The largest absolute Gasteiger partial charge is 0.494 e. The third-order valence-corrected chi connectivity index (χ3v) is 3.80. The van der Waals surface area contributed by atoms with E-state index in [4.69, 9.17) is 9.47 Å². The van der Waals surface area contributed by atoms with Gasteiger partial charge in [0.05, 0.1) is 19.3 Å². The maximum atomic E-state index is 9.67. The topological polar surface area (TPSA) is 71.0 Å². The Morgan fingerprint density at radius 1 is 1.23 bits per heavy atom. The average molecular weight is 309 g/mol. The second-order valence-electron chi connectivity index (χ2n) is 5.77. The van der Waals surface area contributed by atoms with E-state index in [2.05, 4.69) is 12.2 Å². The van der Waals surface area contributed by atoms with Crippen LogP contribution in [0.3, 0.4) is 0 Å². The van der Waals surface area contributed by atoms with Gasteiger partial charge < -0.3 is 25.0 Å². The van der Waals surface area contributed by atoms with E-state index >= 15 is 0 Å². The van der Waals surface area contributed by atoms with Gasteiger partial charge in [0.1, 0.15) is 18.1 Å². The van der Waals surface area contributed by atoms with Crippen LogP contribution in [-0.4, -0.2) is 41.9 Å². The molecule has 1 heterocycles. The lowest BCUT2D eigenvalue weighted by molar-refractivity contribution is -0.112. The van der Waals surface area contributed by atoms with Gasteiger partial charge in [0, 0.05) is 18.2 Å². The lowest BCUT2D eigenvalue weighted by Crippen LogP contribution is -2.44. The number of aliphatic hydroxyl groups excluding tert-OH is 2. The van der Waals surface area contributed by atoms with Crippen molar-refractivity contribution in [3.05, 3.63) is 24.3 Å². The number of rotatable bonds is 8. The summed E-state index contributed by atoms with van der Waals surface area (Å²) in [6, 6.07) is 7.73. The highest BCUT2D eigenvalue weighted by molar-refractivity contribution is 5.48. The van der Waals surface area contributed by atoms with Crippen molar-refractivity contribution in [3.8, 4) is 5.75 Å². The third-order valence-electron chi connectivity index (χ3n) is 3.80. The predicted octanol–water partition coefficient (Wildman–Crippen LogP) is 2.53. The molecule has 0 radical (unpaired) electrons. The first kappa shape index (κ1) is 17.1. The van der Waals surface area contributed by atoms with Crippen molar-refractivity contribution in [3.63, 3.8) is 0 Å². The molecule has 1 aromatic carbocycles. The van der Waals surface area contributed by atoms with E-state index in [1.165, 1.54) is 19.3 Å². The number of benzene rings is 1. The number of ether oxygens (including phenoxy) is 2. The van der Waals surface area contributed by atoms with Crippen molar-refractivity contribution < 1.29 is 19.7 Å². The first-order chi connectivity index (χ1) is 10.7. The molecule has 3 atom stereocenters. The van der Waals surface area contributed by atoms with Crippen LogP contribution in [0.5, 0.6) is 5.75 Å². The van der Waals surface area contributed by atoms with E-state index in [-0.39, 0.29) is 12.8 Å². The molecule has 5 nitrogen and oxygen atoms in total. The minimum Gasteiger partial charge on any atom is -0.494 e. The Kier molecular flexibility index (Phi) is 6.96. The molecule has 22 heavy (non-hydrogen) atoms. The van der Waals surface area contributed by atoms with Crippen molar-refractivity contribution in [1.29, 1.82) is 0 Å². The number of hydrogen-bond donors (Lipinski definition) is 3. The van der Waals surface area contributed by atoms with E-state index < -0.39 is 12.2 Å². The van der Waals surface area contributed by atoms with Gasteiger partial charge >= 0.3 is 0 Å². The van der Waals surface area contributed by atoms with Gasteiger partial charge in [-0.15, -0.1) is 0 Å². The zero-order valence-corrected chi connectivity index (χ0v) is 13.2. The number of anilines is 1. The molecule has 1 aliphatic heterocycles. The number of hydrogen-bond acceptors (Lipinski definition) is 5. The Bertz CT molecular complexity index is 440. The fourth-order valence-electron chi connectivity index (χ4n) is 2.45. The van der Waals surface area contributed by atoms with E-state index in [0.717, 1.165) is 24.5 Å². The maximum Gasteiger partial charge on any atom is 0.130 e. The highest BCUT2D eigenvalue weighted by Gasteiger charge is 2.28. The van der Waals surface area contributed by atoms with Crippen LogP contribution in [0.2, 0.25) is 0 Å². The molecule has 0 aliphatic carbocycles. The SMILES string of the molecule is CCCCCCOc1cccc(N[C@H]2C[C@@H](O)[C@H](O)CO2)c1. The average Bonchev–Trinajstić information content (AvgIpc) is 2.51. The van der Waals surface area contributed by atoms with Gasteiger partial charge in [-0.2, -0.15) is 0 Å². The van der Waals surface area contributed by atoms with Gasteiger partial charge in [-0.25, -0.2) is 0 Å². The zero-order valence-electron chi connectivity index (χ0n) is 13.2. The summed E-state index contributed by atoms with van der Waals surface area (Å²) in [6.07, 6.45) is 3.27. The maximum absolute atomic E-state index is 9.67. The minimum atomic E-state index is -0.796. The summed E-state index contributed by atoms with van der Waals surface area (Å²) in [4.78, 5) is 0. The molecule has 1 aliphatic rings. The van der Waals surface area contributed by atoms with Crippen LogP contribution in [0.4, 0.5) is 5.69 Å². The number of aliphatic hydroxyl groups is 2. The molecule has 1 aromatic rings. The normalized spacial score (nSPS) is 25.0. The molecule has 124 valence electrons. The van der Waals surface area contributed by atoms with E-state index in [1.54, 1.807) is 0 Å². The van der Waals surface area contributed by atoms with Crippen LogP contribution >= 0.6 is 0 Å². The fraction of sp³-hybridized carbons (Fsp3) is 0.647. The smallest absolute Gasteiger partial charge is 0.130 e. The highest BCUT2D eigenvalue weighted by Crippen LogP contribution is 2.21. The van der Waals surface area contributed by atoms with Gasteiger partial charge in [0.25, 0.3) is 0 Å². The van der Waals surface area contributed by atoms with Gasteiger partial charge in [-0.3, -0.25) is 0 Å². The third kappa shape index (κ3) is 5.48. The van der Waals surface area contributed by atoms with Crippen LogP contribution in [0.15, 0.2) is 24.3 Å². The molecular weight excluding hydrogens is 282 g/mol. The molecule has 3 N–H and O–H groups in total. The summed E-state index contributed by atoms with van der Waals surface area (Å²) in [7, 11) is 0. The summed E-state index contributed by atoms with van der Waals surface area (Å²) in [6.45, 7) is 3.07. The van der Waals surface area contributed by atoms with Crippen molar-refractivity contribution in [1.82, 2.24) is 0 Å². The molecule has 2 rings (SSSR count). The van der Waals surface area contributed by atoms with Crippen molar-refractivity contribution in [2.45, 2.75) is 57.5 Å². The Hall–Kier alpha value is -1.30. The van der Waals surface area contributed by atoms with Gasteiger partial charge in [-0.05, 0) is 18.6 Å². The van der Waals surface area contributed by atoms with E-state index in [1.807, 2.05) is 24.3 Å². The van der Waals surface area contributed by atoms with Crippen LogP contribution in [0, 0.1) is 0 Å². The lowest BCUT2D eigenvalue weighted by Gasteiger charge is -2.31.